The van der Waals surface area contributed by atoms with Crippen molar-refractivity contribution < 1.29 is 9.59 Å². The molecule has 1 amide bonds. The van der Waals surface area contributed by atoms with Crippen LogP contribution in [0.15, 0.2) is 0 Å². The SMILES string of the molecule is CC(=O)CC1CCCCCN1C(=O)C1CCCS1. The number of hydrogen-bond acceptors (Lipinski definition) is 3. The number of amides is 1. The number of thioether (sulfide) groups is 1. The highest BCUT2D eigenvalue weighted by Crippen LogP contribution is 2.30. The summed E-state index contributed by atoms with van der Waals surface area (Å²) in [6.45, 7) is 2.49. The molecule has 18 heavy (non-hydrogen) atoms. The average Bonchev–Trinajstić information content (AvgIpc) is 2.76. The van der Waals surface area contributed by atoms with E-state index in [1.54, 1.807) is 18.7 Å². The molecule has 2 atom stereocenters. The van der Waals surface area contributed by atoms with Gasteiger partial charge in [-0.25, -0.2) is 0 Å². The zero-order valence-corrected chi connectivity index (χ0v) is 12.0. The van der Waals surface area contributed by atoms with Crippen molar-refractivity contribution in [2.75, 3.05) is 12.3 Å². The molecule has 2 heterocycles. The largest absolute Gasteiger partial charge is 0.338 e. The number of rotatable bonds is 3. The summed E-state index contributed by atoms with van der Waals surface area (Å²) in [5.41, 5.74) is 0. The topological polar surface area (TPSA) is 37.4 Å². The Bertz CT molecular complexity index is 313. The van der Waals surface area contributed by atoms with E-state index in [9.17, 15) is 9.59 Å². The van der Waals surface area contributed by atoms with Gasteiger partial charge in [0.2, 0.25) is 5.91 Å². The molecule has 2 aliphatic rings. The van der Waals surface area contributed by atoms with Crippen molar-refractivity contribution >= 4 is 23.5 Å². The molecule has 0 aromatic rings. The molecule has 2 saturated heterocycles. The van der Waals surface area contributed by atoms with E-state index in [0.717, 1.165) is 44.4 Å². The van der Waals surface area contributed by atoms with Gasteiger partial charge in [-0.3, -0.25) is 9.59 Å². The Labute approximate surface area is 114 Å². The highest BCUT2D eigenvalue weighted by molar-refractivity contribution is 8.00. The van der Waals surface area contributed by atoms with Gasteiger partial charge in [0.1, 0.15) is 5.78 Å². The van der Waals surface area contributed by atoms with Crippen LogP contribution in [0.3, 0.4) is 0 Å². The molecule has 0 aliphatic carbocycles. The number of carbonyl (C=O) groups excluding carboxylic acids is 2. The Balaban J connectivity index is 2.03. The first-order valence-corrected chi connectivity index (χ1v) is 8.15. The van der Waals surface area contributed by atoms with Gasteiger partial charge >= 0.3 is 0 Å². The van der Waals surface area contributed by atoms with Crippen LogP contribution in [0.5, 0.6) is 0 Å². The second kappa shape index (κ2) is 6.60. The molecule has 2 fully saturated rings. The minimum Gasteiger partial charge on any atom is -0.338 e. The Kier molecular flexibility index (Phi) is 5.10. The smallest absolute Gasteiger partial charge is 0.235 e. The quantitative estimate of drug-likeness (QED) is 0.790. The number of Topliss-reactive ketones (excluding diaryl/α,β-unsaturated/α-hetero) is 1. The summed E-state index contributed by atoms with van der Waals surface area (Å²) in [5.74, 6) is 1.62. The molecule has 0 aromatic heterocycles. The maximum absolute atomic E-state index is 12.5. The van der Waals surface area contributed by atoms with Crippen molar-refractivity contribution in [1.29, 1.82) is 0 Å². The summed E-state index contributed by atoms with van der Waals surface area (Å²) in [6.07, 6.45) is 7.16. The lowest BCUT2D eigenvalue weighted by Crippen LogP contribution is -2.44. The first-order valence-electron chi connectivity index (χ1n) is 7.10. The van der Waals surface area contributed by atoms with Crippen LogP contribution >= 0.6 is 11.8 Å². The molecule has 2 unspecified atom stereocenters. The fourth-order valence-electron chi connectivity index (χ4n) is 2.97. The van der Waals surface area contributed by atoms with Gasteiger partial charge in [0.25, 0.3) is 0 Å². The highest BCUT2D eigenvalue weighted by atomic mass is 32.2. The number of ketones is 1. The molecule has 0 saturated carbocycles. The van der Waals surface area contributed by atoms with Gasteiger partial charge in [0.05, 0.1) is 5.25 Å². The van der Waals surface area contributed by atoms with Crippen LogP contribution in [0.1, 0.15) is 51.9 Å². The van der Waals surface area contributed by atoms with Crippen LogP contribution in [0.25, 0.3) is 0 Å². The Morgan fingerprint density at radius 3 is 2.67 bits per heavy atom. The average molecular weight is 269 g/mol. The van der Waals surface area contributed by atoms with Crippen molar-refractivity contribution in [3.05, 3.63) is 0 Å². The number of nitrogens with zero attached hydrogens (tertiary/aromatic N) is 1. The maximum atomic E-state index is 12.5. The van der Waals surface area contributed by atoms with Gasteiger partial charge in [0.15, 0.2) is 0 Å². The lowest BCUT2D eigenvalue weighted by Gasteiger charge is -2.31. The molecule has 102 valence electrons. The van der Waals surface area contributed by atoms with E-state index in [1.165, 1.54) is 6.42 Å². The molecule has 0 radical (unpaired) electrons. The van der Waals surface area contributed by atoms with Crippen LogP contribution in [-0.4, -0.2) is 40.2 Å². The van der Waals surface area contributed by atoms with Crippen molar-refractivity contribution in [3.63, 3.8) is 0 Å². The summed E-state index contributed by atoms with van der Waals surface area (Å²) in [6, 6.07) is 0.165. The zero-order chi connectivity index (χ0) is 13.0. The van der Waals surface area contributed by atoms with Gasteiger partial charge in [-0.15, -0.1) is 11.8 Å². The summed E-state index contributed by atoms with van der Waals surface area (Å²) in [5, 5.41) is 0.164. The Morgan fingerprint density at radius 1 is 1.17 bits per heavy atom. The molecule has 0 N–H and O–H groups in total. The van der Waals surface area contributed by atoms with Crippen molar-refractivity contribution in [2.24, 2.45) is 0 Å². The second-order valence-electron chi connectivity index (χ2n) is 5.44. The third kappa shape index (κ3) is 3.50. The van der Waals surface area contributed by atoms with Gasteiger partial charge in [-0.1, -0.05) is 12.8 Å². The van der Waals surface area contributed by atoms with E-state index >= 15 is 0 Å². The third-order valence-electron chi connectivity index (χ3n) is 3.89. The minimum atomic E-state index is 0.164. The molecule has 2 aliphatic heterocycles. The molecule has 2 rings (SSSR count). The normalized spacial score (nSPS) is 29.1. The monoisotopic (exact) mass is 269 g/mol. The predicted octanol–water partition coefficient (Wildman–Crippen LogP) is 2.63. The summed E-state index contributed by atoms with van der Waals surface area (Å²) >= 11 is 1.80. The summed E-state index contributed by atoms with van der Waals surface area (Å²) < 4.78 is 0. The molecule has 0 bridgehead atoms. The maximum Gasteiger partial charge on any atom is 0.235 e. The lowest BCUT2D eigenvalue weighted by molar-refractivity contribution is -0.133. The molecular weight excluding hydrogens is 246 g/mol. The van der Waals surface area contributed by atoms with E-state index < -0.39 is 0 Å². The van der Waals surface area contributed by atoms with Gasteiger partial charge in [-0.05, 0) is 38.4 Å². The second-order valence-corrected chi connectivity index (χ2v) is 6.75. The fraction of sp³-hybridized carbons (Fsp3) is 0.857. The first kappa shape index (κ1) is 13.9. The number of carbonyl (C=O) groups is 2. The molecule has 4 heteroatoms. The van der Waals surface area contributed by atoms with Gasteiger partial charge in [-0.2, -0.15) is 0 Å². The van der Waals surface area contributed by atoms with E-state index in [1.807, 2.05) is 4.90 Å². The third-order valence-corrected chi connectivity index (χ3v) is 5.25. The van der Waals surface area contributed by atoms with Crippen LogP contribution in [-0.2, 0) is 9.59 Å². The first-order chi connectivity index (χ1) is 8.68. The summed E-state index contributed by atoms with van der Waals surface area (Å²) in [7, 11) is 0. The molecular formula is C14H23NO2S. The van der Waals surface area contributed by atoms with Crippen molar-refractivity contribution in [1.82, 2.24) is 4.90 Å². The van der Waals surface area contributed by atoms with Gasteiger partial charge in [0, 0.05) is 19.0 Å². The van der Waals surface area contributed by atoms with E-state index in [-0.39, 0.29) is 17.1 Å². The van der Waals surface area contributed by atoms with Crippen molar-refractivity contribution in [2.45, 2.75) is 63.2 Å². The van der Waals surface area contributed by atoms with E-state index in [2.05, 4.69) is 0 Å². The Hall–Kier alpha value is -0.510. The summed E-state index contributed by atoms with van der Waals surface area (Å²) in [4.78, 5) is 25.9. The van der Waals surface area contributed by atoms with E-state index in [4.69, 9.17) is 0 Å². The minimum absolute atomic E-state index is 0.164. The zero-order valence-electron chi connectivity index (χ0n) is 11.2. The number of hydrogen-bond donors (Lipinski definition) is 0. The van der Waals surface area contributed by atoms with Crippen LogP contribution in [0.4, 0.5) is 0 Å². The Morgan fingerprint density at radius 2 is 2.00 bits per heavy atom. The van der Waals surface area contributed by atoms with E-state index in [0.29, 0.717) is 12.3 Å². The van der Waals surface area contributed by atoms with Crippen LogP contribution in [0, 0.1) is 0 Å². The van der Waals surface area contributed by atoms with Crippen molar-refractivity contribution in [3.8, 4) is 0 Å². The lowest BCUT2D eigenvalue weighted by atomic mass is 10.0. The van der Waals surface area contributed by atoms with Gasteiger partial charge < -0.3 is 4.90 Å². The van der Waals surface area contributed by atoms with Crippen LogP contribution in [0.2, 0.25) is 0 Å². The molecule has 0 spiro atoms. The molecule has 3 nitrogen and oxygen atoms in total. The molecule has 0 aromatic carbocycles. The predicted molar refractivity (Wildman–Crippen MR) is 74.7 cm³/mol. The standard InChI is InChI=1S/C14H23NO2S/c1-11(16)10-12-6-3-2-4-8-15(12)14(17)13-7-5-9-18-13/h12-13H,2-10H2,1H3. The highest BCUT2D eigenvalue weighted by Gasteiger charge is 2.32. The fourth-order valence-corrected chi connectivity index (χ4v) is 4.20. The van der Waals surface area contributed by atoms with Crippen LogP contribution < -0.4 is 0 Å². The number of likely N-dealkylation sites (tertiary alicyclic amines) is 1.